The summed E-state index contributed by atoms with van der Waals surface area (Å²) in [6.45, 7) is 2.26. The molecule has 1 aliphatic carbocycles. The van der Waals surface area contributed by atoms with E-state index in [1.807, 2.05) is 6.07 Å². The second kappa shape index (κ2) is 5.57. The lowest BCUT2D eigenvalue weighted by atomic mass is 9.77. The van der Waals surface area contributed by atoms with E-state index < -0.39 is 0 Å². The number of nitrogens with two attached hydrogens (primary N) is 1. The first-order valence-electron chi connectivity index (χ1n) is 7.62. The summed E-state index contributed by atoms with van der Waals surface area (Å²) in [5, 5.41) is 0.803. The van der Waals surface area contributed by atoms with Crippen molar-refractivity contribution in [1.82, 2.24) is 0 Å². The summed E-state index contributed by atoms with van der Waals surface area (Å²) >= 11 is 0. The third-order valence-electron chi connectivity index (χ3n) is 4.80. The van der Waals surface area contributed by atoms with Gasteiger partial charge in [0.2, 0.25) is 0 Å². The topological polar surface area (TPSA) is 39.2 Å². The van der Waals surface area contributed by atoms with Crippen molar-refractivity contribution in [2.24, 2.45) is 17.6 Å². The smallest absolute Gasteiger partial charge is 0.134 e. The van der Waals surface area contributed by atoms with Crippen molar-refractivity contribution in [3.05, 3.63) is 35.8 Å². The van der Waals surface area contributed by atoms with Gasteiger partial charge in [0, 0.05) is 5.39 Å². The Hall–Kier alpha value is -1.35. The van der Waals surface area contributed by atoms with Crippen LogP contribution in [-0.2, 0) is 0 Å². The number of hydrogen-bond donors (Lipinski definition) is 1. The molecule has 1 aliphatic rings. The summed E-state index contributed by atoms with van der Waals surface area (Å²) in [7, 11) is 0. The number of hydrogen-bond acceptors (Lipinski definition) is 2. The third-order valence-corrected chi connectivity index (χ3v) is 4.80. The average Bonchev–Trinajstić information content (AvgIpc) is 2.89. The van der Waals surface area contributed by atoms with Gasteiger partial charge in [-0.05, 0) is 48.9 Å². The monoisotopic (exact) mass is 275 g/mol. The lowest BCUT2D eigenvalue weighted by Gasteiger charge is -2.30. The second-order valence-electron chi connectivity index (χ2n) is 6.05. The molecule has 0 bridgehead atoms. The quantitative estimate of drug-likeness (QED) is 0.874. The van der Waals surface area contributed by atoms with Gasteiger partial charge < -0.3 is 10.2 Å². The molecule has 2 N–H and O–H groups in total. The first-order valence-corrected chi connectivity index (χ1v) is 7.62. The van der Waals surface area contributed by atoms with Crippen LogP contribution in [0.15, 0.2) is 28.7 Å². The molecule has 108 valence electrons. The zero-order chi connectivity index (χ0) is 14.1. The highest BCUT2D eigenvalue weighted by atomic mass is 19.1. The maximum atomic E-state index is 13.2. The van der Waals surface area contributed by atoms with Crippen molar-refractivity contribution in [2.75, 3.05) is 0 Å². The van der Waals surface area contributed by atoms with E-state index in [1.165, 1.54) is 44.2 Å². The van der Waals surface area contributed by atoms with Crippen molar-refractivity contribution in [2.45, 2.75) is 45.1 Å². The van der Waals surface area contributed by atoms with Crippen molar-refractivity contribution in [3.63, 3.8) is 0 Å². The Morgan fingerprint density at radius 1 is 1.25 bits per heavy atom. The maximum Gasteiger partial charge on any atom is 0.134 e. The molecule has 0 radical (unpaired) electrons. The molecule has 1 heterocycles. The Kier molecular flexibility index (Phi) is 3.79. The van der Waals surface area contributed by atoms with Crippen LogP contribution in [0.1, 0.15) is 50.8 Å². The van der Waals surface area contributed by atoms with E-state index in [1.54, 1.807) is 6.07 Å². The fraction of sp³-hybridized carbons (Fsp3) is 0.529. The number of benzene rings is 1. The minimum atomic E-state index is -0.234. The van der Waals surface area contributed by atoms with E-state index in [-0.39, 0.29) is 11.9 Å². The Labute approximate surface area is 119 Å². The highest BCUT2D eigenvalue weighted by Crippen LogP contribution is 2.38. The van der Waals surface area contributed by atoms with Gasteiger partial charge in [0.05, 0.1) is 6.04 Å². The highest BCUT2D eigenvalue weighted by Gasteiger charge is 2.27. The van der Waals surface area contributed by atoms with Crippen LogP contribution >= 0.6 is 0 Å². The van der Waals surface area contributed by atoms with E-state index >= 15 is 0 Å². The fourth-order valence-electron chi connectivity index (χ4n) is 3.39. The van der Waals surface area contributed by atoms with Gasteiger partial charge in [0.25, 0.3) is 0 Å². The van der Waals surface area contributed by atoms with Crippen LogP contribution in [0.2, 0.25) is 0 Å². The molecule has 3 heteroatoms. The molecule has 3 rings (SSSR count). The molecule has 1 fully saturated rings. The van der Waals surface area contributed by atoms with Gasteiger partial charge in [-0.15, -0.1) is 0 Å². The van der Waals surface area contributed by atoms with Gasteiger partial charge in [-0.3, -0.25) is 0 Å². The van der Waals surface area contributed by atoms with Crippen LogP contribution in [0.25, 0.3) is 11.0 Å². The normalized spacial score (nSPS) is 24.9. The van der Waals surface area contributed by atoms with E-state index in [2.05, 4.69) is 6.92 Å². The van der Waals surface area contributed by atoms with Crippen molar-refractivity contribution >= 4 is 11.0 Å². The lowest BCUT2D eigenvalue weighted by Crippen LogP contribution is -2.25. The average molecular weight is 275 g/mol. The molecule has 2 nitrogen and oxygen atoms in total. The van der Waals surface area contributed by atoms with Crippen LogP contribution in [-0.4, -0.2) is 0 Å². The standard InChI is InChI=1S/C17H22FNO/c1-2-11-3-5-12(6-4-11)17(19)16-10-13-9-14(18)7-8-15(13)20-16/h7-12,17H,2-6,19H2,1H3. The largest absolute Gasteiger partial charge is 0.459 e. The highest BCUT2D eigenvalue weighted by molar-refractivity contribution is 5.78. The van der Waals surface area contributed by atoms with Crippen LogP contribution in [0, 0.1) is 17.7 Å². The van der Waals surface area contributed by atoms with E-state index in [9.17, 15) is 4.39 Å². The van der Waals surface area contributed by atoms with Crippen molar-refractivity contribution in [3.8, 4) is 0 Å². The predicted molar refractivity (Wildman–Crippen MR) is 78.8 cm³/mol. The number of halogens is 1. The summed E-state index contributed by atoms with van der Waals surface area (Å²) in [6, 6.07) is 6.43. The van der Waals surface area contributed by atoms with Crippen LogP contribution in [0.4, 0.5) is 4.39 Å². The molecule has 0 spiro atoms. The molecule has 1 aromatic heterocycles. The maximum absolute atomic E-state index is 13.2. The van der Waals surface area contributed by atoms with E-state index in [4.69, 9.17) is 10.2 Å². The molecule has 1 atom stereocenters. The molecular weight excluding hydrogens is 253 g/mol. The minimum Gasteiger partial charge on any atom is -0.459 e. The molecule has 0 amide bonds. The van der Waals surface area contributed by atoms with Crippen LogP contribution in [0.5, 0.6) is 0 Å². The second-order valence-corrected chi connectivity index (χ2v) is 6.05. The van der Waals surface area contributed by atoms with Gasteiger partial charge in [0.1, 0.15) is 17.2 Å². The molecule has 1 saturated carbocycles. The molecule has 1 unspecified atom stereocenters. The van der Waals surface area contributed by atoms with Gasteiger partial charge in [-0.2, -0.15) is 0 Å². The summed E-state index contributed by atoms with van der Waals surface area (Å²) in [5.74, 6) is 1.92. The molecule has 0 saturated heterocycles. The molecule has 1 aromatic carbocycles. The predicted octanol–water partition coefficient (Wildman–Crippen LogP) is 4.79. The summed E-state index contributed by atoms with van der Waals surface area (Å²) in [4.78, 5) is 0. The van der Waals surface area contributed by atoms with Gasteiger partial charge in [-0.1, -0.05) is 26.2 Å². The Bertz CT molecular complexity index is 584. The lowest BCUT2D eigenvalue weighted by molar-refractivity contribution is 0.227. The first-order chi connectivity index (χ1) is 9.67. The summed E-state index contributed by atoms with van der Waals surface area (Å²) in [5.41, 5.74) is 7.09. The number of furan rings is 1. The van der Waals surface area contributed by atoms with Gasteiger partial charge in [-0.25, -0.2) is 4.39 Å². The van der Waals surface area contributed by atoms with E-state index in [0.29, 0.717) is 5.92 Å². The molecule has 2 aromatic rings. The van der Waals surface area contributed by atoms with Crippen molar-refractivity contribution in [1.29, 1.82) is 0 Å². The van der Waals surface area contributed by atoms with Gasteiger partial charge in [0.15, 0.2) is 0 Å². The SMILES string of the molecule is CCC1CCC(C(N)c2cc3cc(F)ccc3o2)CC1. The number of fused-ring (bicyclic) bond motifs is 1. The summed E-state index contributed by atoms with van der Waals surface area (Å²) < 4.78 is 19.0. The number of rotatable bonds is 3. The van der Waals surface area contributed by atoms with E-state index in [0.717, 1.165) is 22.6 Å². The molecule has 0 aliphatic heterocycles. The van der Waals surface area contributed by atoms with Crippen LogP contribution in [0.3, 0.4) is 0 Å². The zero-order valence-corrected chi connectivity index (χ0v) is 11.9. The Morgan fingerprint density at radius 2 is 2.00 bits per heavy atom. The Morgan fingerprint density at radius 3 is 2.70 bits per heavy atom. The first kappa shape index (κ1) is 13.6. The third kappa shape index (κ3) is 2.59. The summed E-state index contributed by atoms with van der Waals surface area (Å²) in [6.07, 6.45) is 6.15. The van der Waals surface area contributed by atoms with Crippen LogP contribution < -0.4 is 5.73 Å². The zero-order valence-electron chi connectivity index (χ0n) is 11.9. The van der Waals surface area contributed by atoms with Crippen molar-refractivity contribution < 1.29 is 8.81 Å². The molecule has 20 heavy (non-hydrogen) atoms. The molecular formula is C17H22FNO. The fourth-order valence-corrected chi connectivity index (χ4v) is 3.39. The Balaban J connectivity index is 1.77. The van der Waals surface area contributed by atoms with Gasteiger partial charge >= 0.3 is 0 Å². The minimum absolute atomic E-state index is 0.0664.